The monoisotopic (exact) mass is 211 g/mol. The highest BCUT2D eigenvalue weighted by molar-refractivity contribution is 6.18. The van der Waals surface area contributed by atoms with Crippen LogP contribution in [0.15, 0.2) is 18.2 Å². The van der Waals surface area contributed by atoms with Crippen molar-refractivity contribution in [2.75, 3.05) is 20.0 Å². The molecule has 0 radical (unpaired) electrons. The van der Waals surface area contributed by atoms with Gasteiger partial charge in [-0.1, -0.05) is 23.8 Å². The standard InChI is InChI=1S/C12H18ClN/c1-9-5-6-11(10(2)7-9)12(8-13)14(3)4/h5-7,12H,8H2,1-4H3. The van der Waals surface area contributed by atoms with Crippen LogP contribution in [0.2, 0.25) is 0 Å². The van der Waals surface area contributed by atoms with E-state index >= 15 is 0 Å². The smallest absolute Gasteiger partial charge is 0.0480 e. The van der Waals surface area contributed by atoms with Gasteiger partial charge in [0.25, 0.3) is 0 Å². The first-order valence-electron chi connectivity index (χ1n) is 4.85. The summed E-state index contributed by atoms with van der Waals surface area (Å²) in [7, 11) is 4.12. The highest BCUT2D eigenvalue weighted by Crippen LogP contribution is 2.23. The molecule has 78 valence electrons. The predicted molar refractivity (Wildman–Crippen MR) is 63.1 cm³/mol. The minimum atomic E-state index is 0.317. The zero-order valence-electron chi connectivity index (χ0n) is 9.34. The maximum absolute atomic E-state index is 5.97. The number of rotatable bonds is 3. The summed E-state index contributed by atoms with van der Waals surface area (Å²) in [6, 6.07) is 6.85. The molecule has 0 aliphatic heterocycles. The molecule has 1 aromatic carbocycles. The largest absolute Gasteiger partial charge is 0.301 e. The minimum absolute atomic E-state index is 0.317. The van der Waals surface area contributed by atoms with Gasteiger partial charge in [-0.2, -0.15) is 0 Å². The lowest BCUT2D eigenvalue weighted by molar-refractivity contribution is 0.323. The van der Waals surface area contributed by atoms with E-state index in [1.165, 1.54) is 16.7 Å². The Balaban J connectivity index is 3.04. The molecule has 0 spiro atoms. The molecule has 14 heavy (non-hydrogen) atoms. The van der Waals surface area contributed by atoms with Crippen molar-refractivity contribution in [2.24, 2.45) is 0 Å². The van der Waals surface area contributed by atoms with E-state index in [0.717, 1.165) is 0 Å². The number of aryl methyl sites for hydroxylation is 2. The Kier molecular flexibility index (Phi) is 3.97. The summed E-state index contributed by atoms with van der Waals surface area (Å²) in [4.78, 5) is 2.16. The van der Waals surface area contributed by atoms with E-state index in [4.69, 9.17) is 11.6 Å². The second-order valence-corrected chi connectivity index (χ2v) is 4.30. The SMILES string of the molecule is Cc1ccc(C(CCl)N(C)C)c(C)c1. The molecule has 1 nitrogen and oxygen atoms in total. The fourth-order valence-electron chi connectivity index (χ4n) is 1.70. The molecule has 0 fully saturated rings. The summed E-state index contributed by atoms with van der Waals surface area (Å²) in [5.74, 6) is 0.636. The third kappa shape index (κ3) is 2.49. The van der Waals surface area contributed by atoms with Gasteiger partial charge in [-0.25, -0.2) is 0 Å². The Morgan fingerprint density at radius 2 is 1.93 bits per heavy atom. The van der Waals surface area contributed by atoms with Gasteiger partial charge in [-0.15, -0.1) is 11.6 Å². The molecule has 0 bridgehead atoms. The molecule has 0 heterocycles. The fourth-order valence-corrected chi connectivity index (χ4v) is 2.14. The topological polar surface area (TPSA) is 3.24 Å². The van der Waals surface area contributed by atoms with Crippen molar-refractivity contribution in [1.29, 1.82) is 0 Å². The van der Waals surface area contributed by atoms with Gasteiger partial charge in [0.1, 0.15) is 0 Å². The van der Waals surface area contributed by atoms with E-state index in [2.05, 4.69) is 51.0 Å². The first-order chi connectivity index (χ1) is 6.56. The number of alkyl halides is 1. The third-order valence-electron chi connectivity index (χ3n) is 2.55. The summed E-state index contributed by atoms with van der Waals surface area (Å²) in [6.07, 6.45) is 0. The van der Waals surface area contributed by atoms with Crippen LogP contribution >= 0.6 is 11.6 Å². The first kappa shape index (κ1) is 11.5. The molecule has 2 heteroatoms. The van der Waals surface area contributed by atoms with Crippen LogP contribution in [-0.4, -0.2) is 24.9 Å². The van der Waals surface area contributed by atoms with Gasteiger partial charge in [-0.05, 0) is 39.1 Å². The maximum Gasteiger partial charge on any atom is 0.0480 e. The van der Waals surface area contributed by atoms with Crippen molar-refractivity contribution in [1.82, 2.24) is 4.90 Å². The van der Waals surface area contributed by atoms with Gasteiger partial charge < -0.3 is 4.90 Å². The summed E-state index contributed by atoms with van der Waals surface area (Å²) < 4.78 is 0. The minimum Gasteiger partial charge on any atom is -0.301 e. The number of nitrogens with zero attached hydrogens (tertiary/aromatic N) is 1. The van der Waals surface area contributed by atoms with Crippen LogP contribution in [0.25, 0.3) is 0 Å². The van der Waals surface area contributed by atoms with Crippen molar-refractivity contribution in [2.45, 2.75) is 19.9 Å². The van der Waals surface area contributed by atoms with Crippen molar-refractivity contribution in [3.05, 3.63) is 34.9 Å². The van der Waals surface area contributed by atoms with Crippen LogP contribution < -0.4 is 0 Å². The van der Waals surface area contributed by atoms with Crippen LogP contribution in [0.5, 0.6) is 0 Å². The normalized spacial score (nSPS) is 13.3. The average Bonchev–Trinajstić information content (AvgIpc) is 2.09. The molecule has 0 saturated carbocycles. The van der Waals surface area contributed by atoms with Crippen LogP contribution in [0, 0.1) is 13.8 Å². The molecule has 0 amide bonds. The Morgan fingerprint density at radius 3 is 2.36 bits per heavy atom. The quantitative estimate of drug-likeness (QED) is 0.695. The van der Waals surface area contributed by atoms with Gasteiger partial charge in [-0.3, -0.25) is 0 Å². The average molecular weight is 212 g/mol. The van der Waals surface area contributed by atoms with E-state index in [9.17, 15) is 0 Å². The van der Waals surface area contributed by atoms with E-state index in [1.807, 2.05) is 0 Å². The summed E-state index contributed by atoms with van der Waals surface area (Å²) in [5.41, 5.74) is 3.96. The molecule has 0 aliphatic rings. The lowest BCUT2D eigenvalue weighted by Crippen LogP contribution is -2.22. The summed E-state index contributed by atoms with van der Waals surface area (Å²) in [6.45, 7) is 4.26. The molecular weight excluding hydrogens is 194 g/mol. The van der Waals surface area contributed by atoms with Gasteiger partial charge in [0.05, 0.1) is 0 Å². The van der Waals surface area contributed by atoms with Crippen molar-refractivity contribution in [3.8, 4) is 0 Å². The zero-order valence-corrected chi connectivity index (χ0v) is 10.1. The number of halogens is 1. The summed E-state index contributed by atoms with van der Waals surface area (Å²) >= 11 is 5.97. The van der Waals surface area contributed by atoms with Crippen LogP contribution in [0.4, 0.5) is 0 Å². The third-order valence-corrected chi connectivity index (χ3v) is 2.85. The second-order valence-electron chi connectivity index (χ2n) is 3.99. The van der Waals surface area contributed by atoms with Crippen LogP contribution in [-0.2, 0) is 0 Å². The molecule has 1 unspecified atom stereocenters. The Labute approximate surface area is 91.7 Å². The number of benzene rings is 1. The maximum atomic E-state index is 5.97. The molecule has 0 aliphatic carbocycles. The molecule has 0 aromatic heterocycles. The van der Waals surface area contributed by atoms with E-state index < -0.39 is 0 Å². The zero-order chi connectivity index (χ0) is 10.7. The summed E-state index contributed by atoms with van der Waals surface area (Å²) in [5, 5.41) is 0. The van der Waals surface area contributed by atoms with Gasteiger partial charge in [0.2, 0.25) is 0 Å². The molecule has 0 N–H and O–H groups in total. The predicted octanol–water partition coefficient (Wildman–Crippen LogP) is 3.14. The Hall–Kier alpha value is -0.530. The molecule has 1 aromatic rings. The van der Waals surface area contributed by atoms with Crippen LogP contribution in [0.3, 0.4) is 0 Å². The second kappa shape index (κ2) is 4.81. The number of hydrogen-bond donors (Lipinski definition) is 0. The fraction of sp³-hybridized carbons (Fsp3) is 0.500. The first-order valence-corrected chi connectivity index (χ1v) is 5.39. The van der Waals surface area contributed by atoms with Crippen LogP contribution in [0.1, 0.15) is 22.7 Å². The molecular formula is C12H18ClN. The highest BCUT2D eigenvalue weighted by atomic mass is 35.5. The van der Waals surface area contributed by atoms with Crippen molar-refractivity contribution < 1.29 is 0 Å². The number of hydrogen-bond acceptors (Lipinski definition) is 1. The highest BCUT2D eigenvalue weighted by Gasteiger charge is 2.14. The Morgan fingerprint density at radius 1 is 1.29 bits per heavy atom. The lowest BCUT2D eigenvalue weighted by atomic mass is 10.00. The van der Waals surface area contributed by atoms with Gasteiger partial charge in [0.15, 0.2) is 0 Å². The van der Waals surface area contributed by atoms with Gasteiger partial charge >= 0.3 is 0 Å². The van der Waals surface area contributed by atoms with E-state index in [1.54, 1.807) is 0 Å². The molecule has 0 saturated heterocycles. The van der Waals surface area contributed by atoms with E-state index in [0.29, 0.717) is 11.9 Å². The lowest BCUT2D eigenvalue weighted by Gasteiger charge is -2.24. The van der Waals surface area contributed by atoms with Crippen molar-refractivity contribution >= 4 is 11.6 Å². The van der Waals surface area contributed by atoms with E-state index in [-0.39, 0.29) is 0 Å². The Bertz CT molecular complexity index is 307. The molecule has 1 atom stereocenters. The molecule has 1 rings (SSSR count). The van der Waals surface area contributed by atoms with Gasteiger partial charge in [0, 0.05) is 11.9 Å². The van der Waals surface area contributed by atoms with Crippen molar-refractivity contribution in [3.63, 3.8) is 0 Å².